The van der Waals surface area contributed by atoms with E-state index in [2.05, 4.69) is 4.98 Å². The molecule has 10 heteroatoms. The minimum absolute atomic E-state index is 0.107. The molecular formula is C26H24N2O7S. The zero-order valence-corrected chi connectivity index (χ0v) is 20.9. The number of esters is 1. The van der Waals surface area contributed by atoms with Crippen LogP contribution in [0.3, 0.4) is 0 Å². The molecule has 9 nitrogen and oxygen atoms in total. The van der Waals surface area contributed by atoms with Crippen molar-refractivity contribution in [2.24, 2.45) is 0 Å². The SMILES string of the molecule is CCOC(=O)c1sc(N2C(=O)C(=O)C(=C(O)c3cccc(OC)c3)C2c2ccc(OC)cc2)nc1C. The average molecular weight is 509 g/mol. The van der Waals surface area contributed by atoms with Crippen molar-refractivity contribution in [3.05, 3.63) is 75.8 Å². The van der Waals surface area contributed by atoms with Gasteiger partial charge in [-0.1, -0.05) is 35.6 Å². The zero-order valence-electron chi connectivity index (χ0n) is 20.1. The normalized spacial score (nSPS) is 16.8. The molecule has 0 spiro atoms. The highest BCUT2D eigenvalue weighted by molar-refractivity contribution is 7.17. The highest BCUT2D eigenvalue weighted by Gasteiger charge is 2.48. The van der Waals surface area contributed by atoms with Crippen molar-refractivity contribution >= 4 is 39.9 Å². The zero-order chi connectivity index (χ0) is 26.0. The maximum absolute atomic E-state index is 13.3. The molecule has 1 fully saturated rings. The van der Waals surface area contributed by atoms with E-state index in [0.717, 1.165) is 11.3 Å². The average Bonchev–Trinajstić information content (AvgIpc) is 3.40. The van der Waals surface area contributed by atoms with Gasteiger partial charge < -0.3 is 19.3 Å². The van der Waals surface area contributed by atoms with Crippen LogP contribution in [0.4, 0.5) is 5.13 Å². The van der Waals surface area contributed by atoms with E-state index in [9.17, 15) is 19.5 Å². The number of anilines is 1. The van der Waals surface area contributed by atoms with Crippen LogP contribution >= 0.6 is 11.3 Å². The lowest BCUT2D eigenvalue weighted by molar-refractivity contribution is -0.132. The second kappa shape index (κ2) is 10.2. The number of aliphatic hydroxyl groups is 1. The molecule has 0 radical (unpaired) electrons. The Morgan fingerprint density at radius 1 is 1.08 bits per heavy atom. The molecule has 0 aliphatic carbocycles. The van der Waals surface area contributed by atoms with Gasteiger partial charge in [-0.25, -0.2) is 9.78 Å². The van der Waals surface area contributed by atoms with E-state index in [4.69, 9.17) is 14.2 Å². The highest BCUT2D eigenvalue weighted by atomic mass is 32.1. The topological polar surface area (TPSA) is 115 Å². The Morgan fingerprint density at radius 3 is 2.42 bits per heavy atom. The number of nitrogens with zero attached hydrogens (tertiary/aromatic N) is 2. The van der Waals surface area contributed by atoms with Crippen molar-refractivity contribution in [2.75, 3.05) is 25.7 Å². The number of aryl methyl sites for hydroxylation is 1. The molecule has 1 atom stereocenters. The third-order valence-corrected chi connectivity index (χ3v) is 6.81. The molecule has 1 aliphatic heterocycles. The van der Waals surface area contributed by atoms with Crippen LogP contribution in [0.2, 0.25) is 0 Å². The number of aromatic nitrogens is 1. The Morgan fingerprint density at radius 2 is 1.78 bits per heavy atom. The summed E-state index contributed by atoms with van der Waals surface area (Å²) in [5.41, 5.74) is 1.12. The summed E-state index contributed by atoms with van der Waals surface area (Å²) in [6, 6.07) is 12.3. The van der Waals surface area contributed by atoms with Gasteiger partial charge >= 0.3 is 11.9 Å². The molecule has 1 aliphatic rings. The van der Waals surface area contributed by atoms with Gasteiger partial charge in [-0.15, -0.1) is 0 Å². The number of aliphatic hydroxyl groups excluding tert-OH is 1. The molecule has 0 saturated carbocycles. The minimum atomic E-state index is -0.997. The second-order valence-electron chi connectivity index (χ2n) is 7.81. The molecule has 1 unspecified atom stereocenters. The van der Waals surface area contributed by atoms with Gasteiger partial charge in [0.2, 0.25) is 0 Å². The van der Waals surface area contributed by atoms with Gasteiger partial charge in [0.15, 0.2) is 5.13 Å². The van der Waals surface area contributed by atoms with Crippen LogP contribution in [-0.4, -0.2) is 48.6 Å². The molecule has 186 valence electrons. The molecule has 36 heavy (non-hydrogen) atoms. The van der Waals surface area contributed by atoms with Crippen LogP contribution in [0.25, 0.3) is 5.76 Å². The largest absolute Gasteiger partial charge is 0.507 e. The first-order valence-corrected chi connectivity index (χ1v) is 11.9. The summed E-state index contributed by atoms with van der Waals surface area (Å²) in [6.07, 6.45) is 0. The number of ketones is 1. The van der Waals surface area contributed by atoms with E-state index in [-0.39, 0.29) is 27.9 Å². The van der Waals surface area contributed by atoms with Crippen molar-refractivity contribution < 1.29 is 33.7 Å². The second-order valence-corrected chi connectivity index (χ2v) is 8.78. The summed E-state index contributed by atoms with van der Waals surface area (Å²) < 4.78 is 15.6. The van der Waals surface area contributed by atoms with Crippen LogP contribution in [-0.2, 0) is 14.3 Å². The lowest BCUT2D eigenvalue weighted by atomic mass is 9.95. The van der Waals surface area contributed by atoms with Crippen molar-refractivity contribution in [2.45, 2.75) is 19.9 Å². The maximum atomic E-state index is 13.3. The van der Waals surface area contributed by atoms with E-state index in [1.54, 1.807) is 62.4 Å². The van der Waals surface area contributed by atoms with Crippen LogP contribution in [0.1, 0.15) is 39.5 Å². The monoisotopic (exact) mass is 508 g/mol. The number of amides is 1. The predicted octanol–water partition coefficient (Wildman–Crippen LogP) is 4.27. The predicted molar refractivity (Wildman–Crippen MR) is 134 cm³/mol. The third-order valence-electron chi connectivity index (χ3n) is 5.67. The molecular weight excluding hydrogens is 484 g/mol. The van der Waals surface area contributed by atoms with E-state index in [1.807, 2.05) is 0 Å². The van der Waals surface area contributed by atoms with Gasteiger partial charge in [0.05, 0.1) is 38.1 Å². The third kappa shape index (κ3) is 4.42. The first-order valence-electron chi connectivity index (χ1n) is 11.0. The van der Waals surface area contributed by atoms with Gasteiger partial charge in [0.25, 0.3) is 5.78 Å². The van der Waals surface area contributed by atoms with Gasteiger partial charge in [0.1, 0.15) is 22.1 Å². The van der Waals surface area contributed by atoms with Gasteiger partial charge in [-0.2, -0.15) is 0 Å². The molecule has 1 amide bonds. The fourth-order valence-electron chi connectivity index (χ4n) is 3.93. The maximum Gasteiger partial charge on any atom is 0.350 e. The number of ether oxygens (including phenoxy) is 3. The van der Waals surface area contributed by atoms with E-state index in [1.165, 1.54) is 19.1 Å². The molecule has 3 aromatic rings. The Balaban J connectivity index is 1.91. The number of Topliss-reactive ketones (excluding diaryl/α,β-unsaturated/α-hetero) is 1. The number of hydrogen-bond donors (Lipinski definition) is 1. The molecule has 4 rings (SSSR count). The standard InChI is InChI=1S/C26H24N2O7S/c1-5-35-25(32)23-14(2)27-26(36-23)28-20(15-9-11-17(33-3)12-10-15)19(22(30)24(28)31)21(29)16-7-6-8-18(13-16)34-4/h6-13,20,29H,5H2,1-4H3. The molecule has 1 saturated heterocycles. The van der Waals surface area contributed by atoms with Crippen LogP contribution in [0.5, 0.6) is 11.5 Å². The Kier molecular flexibility index (Phi) is 7.07. The summed E-state index contributed by atoms with van der Waals surface area (Å²) in [4.78, 5) is 44.9. The highest BCUT2D eigenvalue weighted by Crippen LogP contribution is 2.44. The Hall–Kier alpha value is -4.18. The molecule has 1 aromatic heterocycles. The molecule has 2 heterocycles. The van der Waals surface area contributed by atoms with Crippen molar-refractivity contribution in [3.63, 3.8) is 0 Å². The summed E-state index contributed by atoms with van der Waals surface area (Å²) in [7, 11) is 3.01. The van der Waals surface area contributed by atoms with Crippen LogP contribution < -0.4 is 14.4 Å². The summed E-state index contributed by atoms with van der Waals surface area (Å²) in [6.45, 7) is 3.50. The number of thiazole rings is 1. The number of carbonyl (C=O) groups is 3. The summed E-state index contributed by atoms with van der Waals surface area (Å²) in [5, 5.41) is 11.4. The first kappa shape index (κ1) is 24.9. The van der Waals surface area contributed by atoms with Gasteiger partial charge in [0, 0.05) is 5.56 Å². The lowest BCUT2D eigenvalue weighted by Gasteiger charge is -2.23. The van der Waals surface area contributed by atoms with Crippen LogP contribution in [0, 0.1) is 6.92 Å². The van der Waals surface area contributed by atoms with Crippen molar-refractivity contribution in [1.29, 1.82) is 0 Å². The number of benzene rings is 2. The minimum Gasteiger partial charge on any atom is -0.507 e. The Labute approximate surface area is 211 Å². The fraction of sp³-hybridized carbons (Fsp3) is 0.231. The van der Waals surface area contributed by atoms with Gasteiger partial charge in [-0.05, 0) is 43.7 Å². The van der Waals surface area contributed by atoms with Crippen LogP contribution in [0.15, 0.2) is 54.1 Å². The van der Waals surface area contributed by atoms with E-state index < -0.39 is 23.7 Å². The smallest absolute Gasteiger partial charge is 0.350 e. The summed E-state index contributed by atoms with van der Waals surface area (Å²) in [5.74, 6) is -1.60. The lowest BCUT2D eigenvalue weighted by Crippen LogP contribution is -2.29. The molecule has 0 bridgehead atoms. The van der Waals surface area contributed by atoms with Crippen molar-refractivity contribution in [1.82, 2.24) is 4.98 Å². The Bertz CT molecular complexity index is 1360. The number of hydrogen-bond acceptors (Lipinski definition) is 9. The van der Waals surface area contributed by atoms with E-state index in [0.29, 0.717) is 28.3 Å². The molecule has 2 aromatic carbocycles. The van der Waals surface area contributed by atoms with Crippen molar-refractivity contribution in [3.8, 4) is 11.5 Å². The number of rotatable bonds is 7. The number of carbonyl (C=O) groups excluding carboxylic acids is 3. The van der Waals surface area contributed by atoms with Gasteiger partial charge in [-0.3, -0.25) is 14.5 Å². The fourth-order valence-corrected chi connectivity index (χ4v) is 4.92. The summed E-state index contributed by atoms with van der Waals surface area (Å²) >= 11 is 0.951. The quantitative estimate of drug-likeness (QED) is 0.218. The number of methoxy groups -OCH3 is 2. The van der Waals surface area contributed by atoms with E-state index >= 15 is 0 Å². The molecule has 1 N–H and O–H groups in total. The first-order chi connectivity index (χ1) is 17.3.